The molecule has 3 aromatic heterocycles. The number of hydrogen-bond acceptors (Lipinski definition) is 8. The average Bonchev–Trinajstić information content (AvgIpc) is 3.37. The number of benzene rings is 2. The maximum Gasteiger partial charge on any atom is 0.255 e. The minimum atomic E-state index is -0.214. The predicted molar refractivity (Wildman–Crippen MR) is 158 cm³/mol. The summed E-state index contributed by atoms with van der Waals surface area (Å²) in [6.45, 7) is 7.33. The van der Waals surface area contributed by atoms with Gasteiger partial charge in [0.2, 0.25) is 5.88 Å². The Hall–Kier alpha value is -4.67. The zero-order valence-electron chi connectivity index (χ0n) is 23.4. The van der Waals surface area contributed by atoms with Crippen LogP contribution in [0.3, 0.4) is 0 Å². The largest absolute Gasteiger partial charge is 0.438 e. The Balaban J connectivity index is 1.18. The first-order valence-electron chi connectivity index (χ1n) is 13.6. The molecule has 4 heterocycles. The normalized spacial score (nSPS) is 14.3. The third-order valence-corrected chi connectivity index (χ3v) is 7.30. The van der Waals surface area contributed by atoms with E-state index in [0.29, 0.717) is 34.1 Å². The van der Waals surface area contributed by atoms with Crippen molar-refractivity contribution in [3.8, 4) is 23.0 Å². The highest BCUT2D eigenvalue weighted by Crippen LogP contribution is 2.30. The molecule has 5 aromatic rings. The Morgan fingerprint density at radius 3 is 2.56 bits per heavy atom. The van der Waals surface area contributed by atoms with Crippen molar-refractivity contribution >= 4 is 22.6 Å². The lowest BCUT2D eigenvalue weighted by molar-refractivity contribution is 0.102. The van der Waals surface area contributed by atoms with Crippen LogP contribution in [0.2, 0.25) is 0 Å². The number of pyridine rings is 1. The summed E-state index contributed by atoms with van der Waals surface area (Å²) < 4.78 is 7.89. The van der Waals surface area contributed by atoms with Crippen LogP contribution in [0.25, 0.3) is 22.4 Å². The van der Waals surface area contributed by atoms with Gasteiger partial charge in [0.05, 0.1) is 0 Å². The number of fused-ring (bicyclic) bond motifs is 1. The third kappa shape index (κ3) is 6.08. The molecule has 0 bridgehead atoms. The fraction of sp³-hybridized carbons (Fsp3) is 0.258. The molecule has 0 atom stereocenters. The van der Waals surface area contributed by atoms with Gasteiger partial charge in [-0.15, -0.1) is 0 Å². The summed E-state index contributed by atoms with van der Waals surface area (Å²) in [5.74, 6) is 1.11. The molecule has 208 valence electrons. The van der Waals surface area contributed by atoms with E-state index in [0.717, 1.165) is 49.5 Å². The molecule has 0 unspecified atom stereocenters. The fourth-order valence-electron chi connectivity index (χ4n) is 4.91. The highest BCUT2D eigenvalue weighted by molar-refractivity contribution is 6.04. The zero-order valence-corrected chi connectivity index (χ0v) is 23.4. The van der Waals surface area contributed by atoms with Crippen molar-refractivity contribution in [1.29, 1.82) is 0 Å². The molecule has 0 aliphatic carbocycles. The molecule has 0 spiro atoms. The van der Waals surface area contributed by atoms with Crippen molar-refractivity contribution in [3.05, 3.63) is 89.9 Å². The lowest BCUT2D eigenvalue weighted by Gasteiger charge is -2.32. The average molecular weight is 549 g/mol. The van der Waals surface area contributed by atoms with Crippen LogP contribution in [0.4, 0.5) is 5.69 Å². The van der Waals surface area contributed by atoms with Gasteiger partial charge < -0.3 is 15.0 Å². The van der Waals surface area contributed by atoms with E-state index in [4.69, 9.17) is 4.74 Å². The molecule has 1 fully saturated rings. The summed E-state index contributed by atoms with van der Waals surface area (Å²) in [6.07, 6.45) is 5.19. The number of aromatic nitrogens is 5. The van der Waals surface area contributed by atoms with Crippen LogP contribution in [0.15, 0.2) is 73.2 Å². The van der Waals surface area contributed by atoms with Crippen LogP contribution >= 0.6 is 0 Å². The number of likely N-dealkylation sites (N-methyl/N-ethyl adjacent to an activating group) is 1. The van der Waals surface area contributed by atoms with E-state index in [1.54, 1.807) is 41.3 Å². The van der Waals surface area contributed by atoms with Crippen LogP contribution in [-0.4, -0.2) is 73.7 Å². The van der Waals surface area contributed by atoms with Crippen molar-refractivity contribution in [2.24, 2.45) is 7.05 Å². The van der Waals surface area contributed by atoms with Crippen molar-refractivity contribution < 1.29 is 9.53 Å². The molecule has 1 aliphatic rings. The van der Waals surface area contributed by atoms with E-state index in [9.17, 15) is 4.79 Å². The standard InChI is InChI=1S/C31H32N8O2/c1-21-17-25(8-7-24(21)19-39-15-13-37(2)14-16-39)33-30(40)23-5-4-6-26(18-23)41-31-27-20-38(3)36-29(27)34-28(35-31)22-9-11-32-12-10-22/h4-12,17-18,20H,13-16,19H2,1-3H3,(H,33,40). The minimum absolute atomic E-state index is 0.214. The number of nitrogens with one attached hydrogen (secondary N) is 1. The first-order chi connectivity index (χ1) is 19.9. The number of nitrogens with zero attached hydrogens (tertiary/aromatic N) is 7. The highest BCUT2D eigenvalue weighted by Gasteiger charge is 2.17. The van der Waals surface area contributed by atoms with Gasteiger partial charge in [0.1, 0.15) is 11.1 Å². The van der Waals surface area contributed by atoms with E-state index < -0.39 is 0 Å². The SMILES string of the molecule is Cc1cc(NC(=O)c2cccc(Oc3nc(-c4ccncc4)nc4nn(C)cc34)c2)ccc1CN1CCN(C)CC1. The molecule has 1 N–H and O–H groups in total. The molecule has 41 heavy (non-hydrogen) atoms. The van der Waals surface area contributed by atoms with E-state index >= 15 is 0 Å². The highest BCUT2D eigenvalue weighted by atomic mass is 16.5. The molecule has 1 amide bonds. The first-order valence-corrected chi connectivity index (χ1v) is 13.6. The van der Waals surface area contributed by atoms with Gasteiger partial charge in [0.25, 0.3) is 5.91 Å². The summed E-state index contributed by atoms with van der Waals surface area (Å²) in [5, 5.41) is 8.15. The predicted octanol–water partition coefficient (Wildman–Crippen LogP) is 4.53. The van der Waals surface area contributed by atoms with E-state index in [2.05, 4.69) is 55.2 Å². The van der Waals surface area contributed by atoms with Gasteiger partial charge in [-0.05, 0) is 67.6 Å². The number of anilines is 1. The number of carbonyl (C=O) groups is 1. The number of amides is 1. The van der Waals surface area contributed by atoms with E-state index in [1.807, 2.05) is 37.5 Å². The van der Waals surface area contributed by atoms with Crippen LogP contribution in [0, 0.1) is 6.92 Å². The second-order valence-corrected chi connectivity index (χ2v) is 10.4. The van der Waals surface area contributed by atoms with Gasteiger partial charge in [-0.25, -0.2) is 4.98 Å². The van der Waals surface area contributed by atoms with Gasteiger partial charge in [-0.1, -0.05) is 12.1 Å². The topological polar surface area (TPSA) is 101 Å². The number of ether oxygens (including phenoxy) is 1. The molecule has 10 heteroatoms. The molecule has 1 aliphatic heterocycles. The first kappa shape index (κ1) is 26.5. The van der Waals surface area contributed by atoms with Gasteiger partial charge >= 0.3 is 0 Å². The van der Waals surface area contributed by atoms with E-state index in [-0.39, 0.29) is 5.91 Å². The van der Waals surface area contributed by atoms with Crippen LogP contribution in [0.5, 0.6) is 11.6 Å². The number of rotatable bonds is 7. The van der Waals surface area contributed by atoms with Gasteiger partial charge in [0, 0.05) is 75.2 Å². The van der Waals surface area contributed by atoms with Crippen molar-refractivity contribution in [3.63, 3.8) is 0 Å². The van der Waals surface area contributed by atoms with Crippen LogP contribution in [0.1, 0.15) is 21.5 Å². The quantitative estimate of drug-likeness (QED) is 0.317. The van der Waals surface area contributed by atoms with Crippen molar-refractivity contribution in [2.45, 2.75) is 13.5 Å². The number of piperazine rings is 1. The maximum absolute atomic E-state index is 13.2. The van der Waals surface area contributed by atoms with Crippen molar-refractivity contribution in [1.82, 2.24) is 34.5 Å². The Morgan fingerprint density at radius 1 is 0.976 bits per heavy atom. The van der Waals surface area contributed by atoms with Gasteiger partial charge in [-0.2, -0.15) is 10.1 Å². The molecule has 10 nitrogen and oxygen atoms in total. The van der Waals surface area contributed by atoms with E-state index in [1.165, 1.54) is 5.56 Å². The number of aryl methyl sites for hydroxylation is 2. The molecule has 1 saturated heterocycles. The lowest BCUT2D eigenvalue weighted by Crippen LogP contribution is -2.43. The lowest BCUT2D eigenvalue weighted by atomic mass is 10.1. The Kier molecular flexibility index (Phi) is 7.41. The molecule has 2 aromatic carbocycles. The van der Waals surface area contributed by atoms with Crippen molar-refractivity contribution in [2.75, 3.05) is 38.5 Å². The summed E-state index contributed by atoms with van der Waals surface area (Å²) in [7, 11) is 3.99. The second kappa shape index (κ2) is 11.4. The van der Waals surface area contributed by atoms with Gasteiger partial charge in [0.15, 0.2) is 11.5 Å². The molecule has 0 radical (unpaired) electrons. The second-order valence-electron chi connectivity index (χ2n) is 10.4. The summed E-state index contributed by atoms with van der Waals surface area (Å²) in [6, 6.07) is 16.8. The fourth-order valence-corrected chi connectivity index (χ4v) is 4.91. The maximum atomic E-state index is 13.2. The molecular formula is C31H32N8O2. The van der Waals surface area contributed by atoms with Crippen LogP contribution < -0.4 is 10.1 Å². The smallest absolute Gasteiger partial charge is 0.255 e. The number of carbonyl (C=O) groups excluding carboxylic acids is 1. The number of hydrogen-bond donors (Lipinski definition) is 1. The monoisotopic (exact) mass is 548 g/mol. The Bertz CT molecular complexity index is 1690. The summed E-state index contributed by atoms with van der Waals surface area (Å²) >= 11 is 0. The van der Waals surface area contributed by atoms with Crippen LogP contribution in [-0.2, 0) is 13.6 Å². The zero-order chi connectivity index (χ0) is 28.3. The van der Waals surface area contributed by atoms with Gasteiger partial charge in [-0.3, -0.25) is 19.4 Å². The molecular weight excluding hydrogens is 516 g/mol. The third-order valence-electron chi connectivity index (χ3n) is 7.30. The summed E-state index contributed by atoms with van der Waals surface area (Å²) in [4.78, 5) is 31.4. The molecule has 6 rings (SSSR count). The summed E-state index contributed by atoms with van der Waals surface area (Å²) in [5.41, 5.74) is 5.00. The Morgan fingerprint density at radius 2 is 1.78 bits per heavy atom. The minimum Gasteiger partial charge on any atom is -0.438 e. The Labute approximate surface area is 238 Å². The molecule has 0 saturated carbocycles.